The molecule has 0 fully saturated rings. The van der Waals surface area contributed by atoms with Crippen LogP contribution in [0.25, 0.3) is 10.9 Å². The van der Waals surface area contributed by atoms with E-state index in [1.807, 2.05) is 30.3 Å². The first-order valence-corrected chi connectivity index (χ1v) is 7.68. The van der Waals surface area contributed by atoms with Crippen molar-refractivity contribution in [3.05, 3.63) is 64.0 Å². The van der Waals surface area contributed by atoms with Gasteiger partial charge in [-0.2, -0.15) is 0 Å². The summed E-state index contributed by atoms with van der Waals surface area (Å²) < 4.78 is 0. The molecule has 2 aromatic heterocycles. The number of aryl methyl sites for hydroxylation is 1. The van der Waals surface area contributed by atoms with Crippen LogP contribution in [0.3, 0.4) is 0 Å². The van der Waals surface area contributed by atoms with E-state index in [1.54, 1.807) is 17.5 Å². The quantitative estimate of drug-likeness (QED) is 0.781. The van der Waals surface area contributed by atoms with Gasteiger partial charge in [-0.3, -0.25) is 4.98 Å². The van der Waals surface area contributed by atoms with Gasteiger partial charge >= 0.3 is 0 Å². The van der Waals surface area contributed by atoms with Gasteiger partial charge in [-0.1, -0.05) is 19.1 Å². The highest BCUT2D eigenvalue weighted by Gasteiger charge is 2.11. The molecule has 3 heteroatoms. The Labute approximate surface area is 122 Å². The molecule has 1 aromatic carbocycles. The van der Waals surface area contributed by atoms with Gasteiger partial charge in [-0.05, 0) is 42.3 Å². The number of fused-ring (bicyclic) bond motifs is 1. The molecule has 0 saturated heterocycles. The van der Waals surface area contributed by atoms with Crippen LogP contribution in [-0.4, -0.2) is 10.1 Å². The average molecular weight is 283 g/mol. The standard InChI is InChI=1S/C17H17NOS/c1-2-14-6-7-15(20-14)11-17(19)13-5-8-16-12(10-13)4-3-9-18-16/h3-10,17,19H,2,11H2,1H3. The molecular formula is C17H17NOS. The number of rotatable bonds is 4. The van der Waals surface area contributed by atoms with Crippen LogP contribution in [0.1, 0.15) is 28.3 Å². The van der Waals surface area contributed by atoms with Gasteiger partial charge in [0.25, 0.3) is 0 Å². The fourth-order valence-corrected chi connectivity index (χ4v) is 3.33. The van der Waals surface area contributed by atoms with Crippen molar-refractivity contribution in [1.29, 1.82) is 0 Å². The molecular weight excluding hydrogens is 266 g/mol. The third kappa shape index (κ3) is 2.74. The summed E-state index contributed by atoms with van der Waals surface area (Å²) in [6, 6.07) is 14.2. The topological polar surface area (TPSA) is 33.1 Å². The molecule has 2 nitrogen and oxygen atoms in total. The minimum atomic E-state index is -0.456. The first-order valence-electron chi connectivity index (χ1n) is 6.86. The Balaban J connectivity index is 1.82. The van der Waals surface area contributed by atoms with Gasteiger partial charge in [0.15, 0.2) is 0 Å². The number of benzene rings is 1. The van der Waals surface area contributed by atoms with Gasteiger partial charge in [0.1, 0.15) is 0 Å². The molecule has 0 saturated carbocycles. The lowest BCUT2D eigenvalue weighted by molar-refractivity contribution is 0.179. The lowest BCUT2D eigenvalue weighted by Gasteiger charge is -2.10. The van der Waals surface area contributed by atoms with E-state index in [-0.39, 0.29) is 0 Å². The maximum absolute atomic E-state index is 10.4. The Morgan fingerprint density at radius 3 is 2.80 bits per heavy atom. The summed E-state index contributed by atoms with van der Waals surface area (Å²) in [5.74, 6) is 0. The van der Waals surface area contributed by atoms with Crippen LogP contribution in [-0.2, 0) is 12.8 Å². The van der Waals surface area contributed by atoms with Crippen LogP contribution in [0.15, 0.2) is 48.7 Å². The zero-order valence-corrected chi connectivity index (χ0v) is 12.2. The van der Waals surface area contributed by atoms with Crippen molar-refractivity contribution in [3.8, 4) is 0 Å². The summed E-state index contributed by atoms with van der Waals surface area (Å²) in [6.45, 7) is 2.16. The van der Waals surface area contributed by atoms with Crippen molar-refractivity contribution in [2.24, 2.45) is 0 Å². The van der Waals surface area contributed by atoms with Gasteiger partial charge < -0.3 is 5.11 Å². The molecule has 2 heterocycles. The molecule has 102 valence electrons. The van der Waals surface area contributed by atoms with E-state index in [1.165, 1.54) is 9.75 Å². The zero-order chi connectivity index (χ0) is 13.9. The van der Waals surface area contributed by atoms with Crippen LogP contribution in [0.2, 0.25) is 0 Å². The number of thiophene rings is 1. The maximum atomic E-state index is 10.4. The third-order valence-electron chi connectivity index (χ3n) is 3.47. The fraction of sp³-hybridized carbons (Fsp3) is 0.235. The Morgan fingerprint density at radius 1 is 1.15 bits per heavy atom. The number of pyridine rings is 1. The smallest absolute Gasteiger partial charge is 0.0838 e. The molecule has 0 aliphatic carbocycles. The summed E-state index contributed by atoms with van der Waals surface area (Å²) in [5, 5.41) is 11.5. The van der Waals surface area contributed by atoms with E-state index in [0.29, 0.717) is 6.42 Å². The highest BCUT2D eigenvalue weighted by molar-refractivity contribution is 7.11. The Hall–Kier alpha value is -1.71. The molecule has 20 heavy (non-hydrogen) atoms. The minimum absolute atomic E-state index is 0.456. The number of nitrogens with zero attached hydrogens (tertiary/aromatic N) is 1. The average Bonchev–Trinajstić information content (AvgIpc) is 2.94. The first-order chi connectivity index (χ1) is 9.76. The molecule has 1 atom stereocenters. The molecule has 0 amide bonds. The molecule has 0 aliphatic rings. The Kier molecular flexibility index (Phi) is 3.81. The Morgan fingerprint density at radius 2 is 2.00 bits per heavy atom. The number of aliphatic hydroxyl groups is 1. The maximum Gasteiger partial charge on any atom is 0.0838 e. The number of hydrogen-bond acceptors (Lipinski definition) is 3. The van der Waals surface area contributed by atoms with Crippen molar-refractivity contribution in [2.45, 2.75) is 25.9 Å². The second-order valence-corrected chi connectivity index (χ2v) is 6.15. The molecule has 1 unspecified atom stereocenters. The molecule has 0 spiro atoms. The highest BCUT2D eigenvalue weighted by Crippen LogP contribution is 2.25. The van der Waals surface area contributed by atoms with E-state index < -0.39 is 6.10 Å². The Bertz CT molecular complexity index is 720. The molecule has 3 aromatic rings. The molecule has 1 N–H and O–H groups in total. The van der Waals surface area contributed by atoms with Crippen LogP contribution in [0, 0.1) is 0 Å². The van der Waals surface area contributed by atoms with Crippen LogP contribution in [0.4, 0.5) is 0 Å². The summed E-state index contributed by atoms with van der Waals surface area (Å²) in [6.07, 6.45) is 3.07. The van der Waals surface area contributed by atoms with Crippen LogP contribution >= 0.6 is 11.3 Å². The number of aromatic nitrogens is 1. The predicted molar refractivity (Wildman–Crippen MR) is 84.1 cm³/mol. The number of aliphatic hydroxyl groups excluding tert-OH is 1. The third-order valence-corrected chi connectivity index (χ3v) is 4.72. The van der Waals surface area contributed by atoms with Crippen LogP contribution < -0.4 is 0 Å². The fourth-order valence-electron chi connectivity index (χ4n) is 2.33. The van der Waals surface area contributed by atoms with Crippen molar-refractivity contribution in [2.75, 3.05) is 0 Å². The van der Waals surface area contributed by atoms with Gasteiger partial charge in [-0.25, -0.2) is 0 Å². The molecule has 0 radical (unpaired) electrons. The van der Waals surface area contributed by atoms with Gasteiger partial charge in [-0.15, -0.1) is 11.3 Å². The summed E-state index contributed by atoms with van der Waals surface area (Å²) in [5.41, 5.74) is 1.92. The van der Waals surface area contributed by atoms with Gasteiger partial charge in [0.05, 0.1) is 11.6 Å². The summed E-state index contributed by atoms with van der Waals surface area (Å²) >= 11 is 1.79. The van der Waals surface area contributed by atoms with Crippen molar-refractivity contribution in [1.82, 2.24) is 4.98 Å². The van der Waals surface area contributed by atoms with E-state index >= 15 is 0 Å². The van der Waals surface area contributed by atoms with Crippen molar-refractivity contribution >= 4 is 22.2 Å². The highest BCUT2D eigenvalue weighted by atomic mass is 32.1. The zero-order valence-electron chi connectivity index (χ0n) is 11.4. The largest absolute Gasteiger partial charge is 0.388 e. The normalized spacial score (nSPS) is 12.7. The van der Waals surface area contributed by atoms with Gasteiger partial charge in [0.2, 0.25) is 0 Å². The van der Waals surface area contributed by atoms with E-state index in [2.05, 4.69) is 24.0 Å². The lowest BCUT2D eigenvalue weighted by atomic mass is 10.0. The molecule has 0 aliphatic heterocycles. The van der Waals surface area contributed by atoms with Crippen molar-refractivity contribution in [3.63, 3.8) is 0 Å². The predicted octanol–water partition coefficient (Wildman–Crippen LogP) is 4.13. The van der Waals surface area contributed by atoms with E-state index in [4.69, 9.17) is 0 Å². The van der Waals surface area contributed by atoms with Crippen molar-refractivity contribution < 1.29 is 5.11 Å². The molecule has 0 bridgehead atoms. The van der Waals surface area contributed by atoms with Gasteiger partial charge in [0, 0.05) is 27.8 Å². The number of hydrogen-bond donors (Lipinski definition) is 1. The monoisotopic (exact) mass is 283 g/mol. The van der Waals surface area contributed by atoms with Crippen LogP contribution in [0.5, 0.6) is 0 Å². The van der Waals surface area contributed by atoms with E-state index in [9.17, 15) is 5.11 Å². The summed E-state index contributed by atoms with van der Waals surface area (Å²) in [4.78, 5) is 6.91. The van der Waals surface area contributed by atoms with E-state index in [0.717, 1.165) is 22.9 Å². The second kappa shape index (κ2) is 5.73. The second-order valence-electron chi connectivity index (χ2n) is 4.90. The lowest BCUT2D eigenvalue weighted by Crippen LogP contribution is -2.00. The first kappa shape index (κ1) is 13.3. The minimum Gasteiger partial charge on any atom is -0.388 e. The SMILES string of the molecule is CCc1ccc(CC(O)c2ccc3ncccc3c2)s1. The molecule has 3 rings (SSSR count). The summed E-state index contributed by atoms with van der Waals surface area (Å²) in [7, 11) is 0.